The van der Waals surface area contributed by atoms with Crippen LogP contribution in [0.3, 0.4) is 0 Å². The molecule has 0 aliphatic carbocycles. The van der Waals surface area contributed by atoms with Gasteiger partial charge in [0, 0.05) is 56.2 Å². The number of carbonyl (C=O) groups excluding carboxylic acids is 1. The van der Waals surface area contributed by atoms with Crippen molar-refractivity contribution in [2.75, 3.05) is 41.3 Å². The van der Waals surface area contributed by atoms with E-state index in [9.17, 15) is 4.79 Å². The SMILES string of the molecule is CCC1CCN(c2ccc(-c3cc4nc(C(=O)Nc5cnccc5N5CC(C)CC(N)C5)ccc4o3)cn2)CC1. The first kappa shape index (κ1) is 26.3. The number of furan rings is 1. The van der Waals surface area contributed by atoms with Crippen molar-refractivity contribution in [1.29, 1.82) is 0 Å². The van der Waals surface area contributed by atoms with Crippen molar-refractivity contribution in [2.24, 2.45) is 17.6 Å². The lowest BCUT2D eigenvalue weighted by Gasteiger charge is -2.37. The van der Waals surface area contributed by atoms with E-state index in [1.807, 2.05) is 24.4 Å². The topological polar surface area (TPSA) is 113 Å². The van der Waals surface area contributed by atoms with Crippen molar-refractivity contribution in [3.8, 4) is 11.3 Å². The molecule has 6 heterocycles. The fraction of sp³-hybridized carbons (Fsp3) is 0.419. The molecule has 0 bridgehead atoms. The van der Waals surface area contributed by atoms with E-state index >= 15 is 0 Å². The molecule has 0 radical (unpaired) electrons. The highest BCUT2D eigenvalue weighted by Crippen LogP contribution is 2.31. The summed E-state index contributed by atoms with van der Waals surface area (Å²) in [6, 6.07) is 11.5. The summed E-state index contributed by atoms with van der Waals surface area (Å²) in [5, 5.41) is 3.01. The largest absolute Gasteiger partial charge is 0.454 e. The van der Waals surface area contributed by atoms with Gasteiger partial charge in [0.05, 0.1) is 17.6 Å². The molecule has 208 valence electrons. The van der Waals surface area contributed by atoms with Crippen LogP contribution in [0.4, 0.5) is 17.2 Å². The molecule has 0 saturated carbocycles. The zero-order chi connectivity index (χ0) is 27.6. The number of fused-ring (bicyclic) bond motifs is 1. The second-order valence-corrected chi connectivity index (χ2v) is 11.3. The van der Waals surface area contributed by atoms with Crippen LogP contribution in [-0.2, 0) is 0 Å². The molecule has 3 N–H and O–H groups in total. The summed E-state index contributed by atoms with van der Waals surface area (Å²) in [6.45, 7) is 8.20. The maximum Gasteiger partial charge on any atom is 0.274 e. The fourth-order valence-electron chi connectivity index (χ4n) is 6.02. The number of piperidine rings is 2. The van der Waals surface area contributed by atoms with Crippen LogP contribution in [-0.4, -0.2) is 53.1 Å². The first-order valence-corrected chi connectivity index (χ1v) is 14.3. The fourth-order valence-corrected chi connectivity index (χ4v) is 6.02. The molecule has 4 aromatic rings. The highest BCUT2D eigenvalue weighted by Gasteiger charge is 2.25. The maximum atomic E-state index is 13.2. The molecule has 2 aliphatic rings. The van der Waals surface area contributed by atoms with Gasteiger partial charge in [-0.2, -0.15) is 0 Å². The van der Waals surface area contributed by atoms with E-state index in [4.69, 9.17) is 15.1 Å². The number of rotatable bonds is 6. The number of nitrogens with one attached hydrogen (secondary N) is 1. The molecule has 1 amide bonds. The van der Waals surface area contributed by atoms with Gasteiger partial charge in [-0.05, 0) is 61.4 Å². The average molecular weight is 540 g/mol. The van der Waals surface area contributed by atoms with Crippen molar-refractivity contribution in [1.82, 2.24) is 15.0 Å². The molecule has 9 heteroatoms. The van der Waals surface area contributed by atoms with Gasteiger partial charge in [-0.3, -0.25) is 9.78 Å². The summed E-state index contributed by atoms with van der Waals surface area (Å²) in [4.78, 5) is 31.4. The van der Waals surface area contributed by atoms with Crippen molar-refractivity contribution < 1.29 is 9.21 Å². The van der Waals surface area contributed by atoms with E-state index in [0.717, 1.165) is 55.6 Å². The predicted octanol–water partition coefficient (Wildman–Crippen LogP) is 5.34. The van der Waals surface area contributed by atoms with Gasteiger partial charge in [0.2, 0.25) is 0 Å². The average Bonchev–Trinajstić information content (AvgIpc) is 3.41. The molecule has 2 fully saturated rings. The van der Waals surface area contributed by atoms with Crippen LogP contribution in [0.5, 0.6) is 0 Å². The summed E-state index contributed by atoms with van der Waals surface area (Å²) in [5.74, 6) is 2.68. The van der Waals surface area contributed by atoms with Gasteiger partial charge < -0.3 is 25.3 Å². The minimum Gasteiger partial charge on any atom is -0.454 e. The van der Waals surface area contributed by atoms with Crippen LogP contribution in [0.2, 0.25) is 0 Å². The molecule has 2 aliphatic heterocycles. The van der Waals surface area contributed by atoms with Crippen LogP contribution in [0.15, 0.2) is 59.4 Å². The molecule has 40 heavy (non-hydrogen) atoms. The molecule has 6 rings (SSSR count). The molecule has 2 saturated heterocycles. The molecular formula is C31H37N7O2. The third-order valence-electron chi connectivity index (χ3n) is 8.23. The van der Waals surface area contributed by atoms with E-state index in [-0.39, 0.29) is 11.9 Å². The normalized spacial score (nSPS) is 20.2. The van der Waals surface area contributed by atoms with Gasteiger partial charge in [0.25, 0.3) is 5.91 Å². The minimum atomic E-state index is -0.300. The van der Waals surface area contributed by atoms with E-state index < -0.39 is 0 Å². The van der Waals surface area contributed by atoms with Crippen LogP contribution < -0.4 is 20.9 Å². The van der Waals surface area contributed by atoms with Crippen LogP contribution in [0.1, 0.15) is 50.0 Å². The predicted molar refractivity (Wildman–Crippen MR) is 159 cm³/mol. The first-order chi connectivity index (χ1) is 19.5. The Morgan fingerprint density at radius 1 is 1.10 bits per heavy atom. The third kappa shape index (κ3) is 5.51. The van der Waals surface area contributed by atoms with Crippen molar-refractivity contribution in [2.45, 2.75) is 45.6 Å². The zero-order valence-corrected chi connectivity index (χ0v) is 23.2. The molecule has 2 unspecified atom stereocenters. The van der Waals surface area contributed by atoms with E-state index in [0.29, 0.717) is 34.2 Å². The molecule has 4 aromatic heterocycles. The Hall–Kier alpha value is -3.98. The van der Waals surface area contributed by atoms with Crippen LogP contribution in [0, 0.1) is 11.8 Å². The number of nitrogens with zero attached hydrogens (tertiary/aromatic N) is 5. The van der Waals surface area contributed by atoms with Crippen molar-refractivity contribution >= 4 is 34.2 Å². The third-order valence-corrected chi connectivity index (χ3v) is 8.23. The van der Waals surface area contributed by atoms with E-state index in [1.54, 1.807) is 24.5 Å². The summed E-state index contributed by atoms with van der Waals surface area (Å²) < 4.78 is 6.06. The Bertz CT molecular complexity index is 1470. The molecule has 0 spiro atoms. The van der Waals surface area contributed by atoms with E-state index in [1.165, 1.54) is 19.3 Å². The number of hydrogen-bond acceptors (Lipinski definition) is 8. The number of aromatic nitrogens is 3. The highest BCUT2D eigenvalue weighted by atomic mass is 16.3. The van der Waals surface area contributed by atoms with Crippen molar-refractivity contribution in [3.05, 3.63) is 60.7 Å². The van der Waals surface area contributed by atoms with Gasteiger partial charge >= 0.3 is 0 Å². The van der Waals surface area contributed by atoms with E-state index in [2.05, 4.69) is 45.0 Å². The second kappa shape index (κ2) is 11.3. The van der Waals surface area contributed by atoms with Gasteiger partial charge in [0.15, 0.2) is 5.58 Å². The Morgan fingerprint density at radius 3 is 2.70 bits per heavy atom. The highest BCUT2D eigenvalue weighted by molar-refractivity contribution is 6.05. The van der Waals surface area contributed by atoms with Gasteiger partial charge in [-0.25, -0.2) is 9.97 Å². The number of amides is 1. The lowest BCUT2D eigenvalue weighted by molar-refractivity contribution is 0.102. The first-order valence-electron chi connectivity index (χ1n) is 14.3. The molecule has 0 aromatic carbocycles. The van der Waals surface area contributed by atoms with Crippen molar-refractivity contribution in [3.63, 3.8) is 0 Å². The number of hydrogen-bond donors (Lipinski definition) is 2. The lowest BCUT2D eigenvalue weighted by atomic mass is 9.94. The Balaban J connectivity index is 1.17. The number of anilines is 3. The number of pyridine rings is 3. The molecular weight excluding hydrogens is 502 g/mol. The molecule has 2 atom stereocenters. The van der Waals surface area contributed by atoms with Gasteiger partial charge in [0.1, 0.15) is 22.8 Å². The molecule has 9 nitrogen and oxygen atoms in total. The minimum absolute atomic E-state index is 0.101. The Morgan fingerprint density at radius 2 is 1.95 bits per heavy atom. The van der Waals surface area contributed by atoms with Gasteiger partial charge in [-0.1, -0.05) is 20.3 Å². The van der Waals surface area contributed by atoms with Crippen LogP contribution >= 0.6 is 0 Å². The monoisotopic (exact) mass is 539 g/mol. The standard InChI is InChI=1S/C31H37N7O2/c1-3-21-9-12-37(13-10-21)30-7-4-22(16-34-30)29-15-25-28(40-29)6-5-24(35-25)31(39)36-26-17-33-11-8-27(26)38-18-20(2)14-23(32)19-38/h4-8,11,15-17,20-21,23H,3,9-10,12-14,18-19,32H2,1-2H3,(H,36,39). The number of nitrogens with two attached hydrogens (primary N) is 1. The Kier molecular flexibility index (Phi) is 7.38. The summed E-state index contributed by atoms with van der Waals surface area (Å²) >= 11 is 0. The Labute approximate surface area is 234 Å². The summed E-state index contributed by atoms with van der Waals surface area (Å²) in [6.07, 6.45) is 9.96. The smallest absolute Gasteiger partial charge is 0.274 e. The quantitative estimate of drug-likeness (QED) is 0.338. The summed E-state index contributed by atoms with van der Waals surface area (Å²) in [7, 11) is 0. The van der Waals surface area contributed by atoms with Gasteiger partial charge in [-0.15, -0.1) is 0 Å². The number of carbonyl (C=O) groups is 1. The maximum absolute atomic E-state index is 13.2. The lowest BCUT2D eigenvalue weighted by Crippen LogP contribution is -2.46. The zero-order valence-electron chi connectivity index (χ0n) is 23.2. The second-order valence-electron chi connectivity index (χ2n) is 11.3. The summed E-state index contributed by atoms with van der Waals surface area (Å²) in [5.41, 5.74) is 10.3. The van der Waals surface area contributed by atoms with Crippen LogP contribution in [0.25, 0.3) is 22.4 Å².